The lowest BCUT2D eigenvalue weighted by Gasteiger charge is -2.16. The molecule has 2 rings (SSSR count). The van der Waals surface area contributed by atoms with Crippen molar-refractivity contribution < 1.29 is 0 Å². The van der Waals surface area contributed by atoms with Crippen LogP contribution in [0.1, 0.15) is 56.0 Å². The van der Waals surface area contributed by atoms with Gasteiger partial charge in [-0.15, -0.1) is 0 Å². The third-order valence-electron chi connectivity index (χ3n) is 3.35. The fraction of sp³-hybridized carbons (Fsp3) is 0.750. The molecule has 0 spiro atoms. The Morgan fingerprint density at radius 3 is 2.53 bits per heavy atom. The number of nitrogens with two attached hydrogens (primary N) is 1. The Balaban J connectivity index is 2.15. The average Bonchev–Trinajstić information content (AvgIpc) is 2.48. The van der Waals surface area contributed by atoms with Crippen molar-refractivity contribution in [3.8, 4) is 0 Å². The lowest BCUT2D eigenvalue weighted by Crippen LogP contribution is -2.12. The third-order valence-corrected chi connectivity index (χ3v) is 3.35. The van der Waals surface area contributed by atoms with Gasteiger partial charge in [0.05, 0.1) is 11.7 Å². The summed E-state index contributed by atoms with van der Waals surface area (Å²) in [4.78, 5) is 0. The molecular weight excluding hydrogens is 186 g/mol. The predicted octanol–water partition coefficient (Wildman–Crippen LogP) is 2.55. The molecule has 2 N–H and O–H groups in total. The minimum Gasteiger partial charge on any atom is -0.325 e. The summed E-state index contributed by atoms with van der Waals surface area (Å²) in [5.41, 5.74) is 7.91. The van der Waals surface area contributed by atoms with Crippen molar-refractivity contribution in [3.63, 3.8) is 0 Å². The smallest absolute Gasteiger partial charge is 0.0763 e. The summed E-state index contributed by atoms with van der Waals surface area (Å²) in [6, 6.07) is 2.73. The summed E-state index contributed by atoms with van der Waals surface area (Å²) in [5, 5.41) is 4.59. The van der Waals surface area contributed by atoms with Gasteiger partial charge in [0, 0.05) is 12.2 Å². The summed E-state index contributed by atoms with van der Waals surface area (Å²) in [7, 11) is 0. The monoisotopic (exact) mass is 207 g/mol. The molecule has 1 aliphatic carbocycles. The minimum atomic E-state index is 0.556. The molecule has 1 aromatic rings. The molecule has 1 fully saturated rings. The molecule has 0 unspecified atom stereocenters. The van der Waals surface area contributed by atoms with Crippen molar-refractivity contribution >= 4 is 0 Å². The standard InChI is InChI=1S/C12H21N3/c1-10-8-11(9-13)14-15(10)12-6-4-2-3-5-7-12/h8,12H,2-7,9,13H2,1H3. The van der Waals surface area contributed by atoms with Gasteiger partial charge in [0.2, 0.25) is 0 Å². The fourth-order valence-corrected chi connectivity index (χ4v) is 2.53. The number of hydrogen-bond acceptors (Lipinski definition) is 2. The zero-order valence-electron chi connectivity index (χ0n) is 9.58. The zero-order chi connectivity index (χ0) is 10.7. The highest BCUT2D eigenvalue weighted by molar-refractivity contribution is 5.09. The largest absolute Gasteiger partial charge is 0.325 e. The van der Waals surface area contributed by atoms with Crippen molar-refractivity contribution in [1.29, 1.82) is 0 Å². The van der Waals surface area contributed by atoms with Crippen LogP contribution in [0, 0.1) is 6.92 Å². The number of rotatable bonds is 2. The van der Waals surface area contributed by atoms with E-state index in [1.807, 2.05) is 0 Å². The van der Waals surface area contributed by atoms with Gasteiger partial charge >= 0.3 is 0 Å². The number of aromatic nitrogens is 2. The molecule has 84 valence electrons. The Morgan fingerprint density at radius 1 is 1.33 bits per heavy atom. The van der Waals surface area contributed by atoms with E-state index < -0.39 is 0 Å². The van der Waals surface area contributed by atoms with Gasteiger partial charge in [-0.1, -0.05) is 25.7 Å². The Hall–Kier alpha value is -0.830. The van der Waals surface area contributed by atoms with Gasteiger partial charge in [0.15, 0.2) is 0 Å². The molecule has 3 nitrogen and oxygen atoms in total. The second kappa shape index (κ2) is 4.79. The summed E-state index contributed by atoms with van der Waals surface area (Å²) in [6.07, 6.45) is 8.05. The number of hydrogen-bond donors (Lipinski definition) is 1. The van der Waals surface area contributed by atoms with Gasteiger partial charge in [0.1, 0.15) is 0 Å². The molecule has 0 atom stereocenters. The maximum Gasteiger partial charge on any atom is 0.0763 e. The van der Waals surface area contributed by atoms with Crippen LogP contribution in [-0.4, -0.2) is 9.78 Å². The molecule has 0 amide bonds. The summed E-state index contributed by atoms with van der Waals surface area (Å²) < 4.78 is 2.20. The highest BCUT2D eigenvalue weighted by Gasteiger charge is 2.16. The molecule has 1 aliphatic rings. The minimum absolute atomic E-state index is 0.556. The Morgan fingerprint density at radius 2 is 2.00 bits per heavy atom. The Labute approximate surface area is 91.7 Å². The molecule has 0 radical (unpaired) electrons. The fourth-order valence-electron chi connectivity index (χ4n) is 2.53. The lowest BCUT2D eigenvalue weighted by molar-refractivity contribution is 0.396. The third kappa shape index (κ3) is 2.40. The van der Waals surface area contributed by atoms with Crippen molar-refractivity contribution in [2.24, 2.45) is 5.73 Å². The Kier molecular flexibility index (Phi) is 3.41. The van der Waals surface area contributed by atoms with Crippen LogP contribution in [0.4, 0.5) is 0 Å². The first-order valence-electron chi connectivity index (χ1n) is 6.06. The number of nitrogens with zero attached hydrogens (tertiary/aromatic N) is 2. The lowest BCUT2D eigenvalue weighted by atomic mass is 10.1. The highest BCUT2D eigenvalue weighted by atomic mass is 15.3. The molecule has 0 bridgehead atoms. The van der Waals surface area contributed by atoms with Gasteiger partial charge in [-0.25, -0.2) is 0 Å². The van der Waals surface area contributed by atoms with Crippen LogP contribution in [0.2, 0.25) is 0 Å². The van der Waals surface area contributed by atoms with E-state index in [-0.39, 0.29) is 0 Å². The van der Waals surface area contributed by atoms with E-state index in [9.17, 15) is 0 Å². The number of aryl methyl sites for hydroxylation is 1. The highest BCUT2D eigenvalue weighted by Crippen LogP contribution is 2.27. The van der Waals surface area contributed by atoms with Crippen LogP contribution in [0.25, 0.3) is 0 Å². The van der Waals surface area contributed by atoms with E-state index >= 15 is 0 Å². The molecular formula is C12H21N3. The molecule has 0 aromatic carbocycles. The maximum absolute atomic E-state index is 5.62. The molecule has 0 aliphatic heterocycles. The topological polar surface area (TPSA) is 43.8 Å². The second-order valence-corrected chi connectivity index (χ2v) is 4.57. The van der Waals surface area contributed by atoms with E-state index in [0.717, 1.165) is 5.69 Å². The Bertz CT molecular complexity index is 309. The summed E-state index contributed by atoms with van der Waals surface area (Å²) in [6.45, 7) is 2.69. The van der Waals surface area contributed by atoms with Crippen molar-refractivity contribution in [2.75, 3.05) is 0 Å². The summed E-state index contributed by atoms with van der Waals surface area (Å²) in [5.74, 6) is 0. The molecule has 1 heterocycles. The first-order valence-corrected chi connectivity index (χ1v) is 6.06. The van der Waals surface area contributed by atoms with Crippen LogP contribution in [0.15, 0.2) is 6.07 Å². The van der Waals surface area contributed by atoms with Crippen molar-refractivity contribution in [2.45, 2.75) is 58.0 Å². The zero-order valence-corrected chi connectivity index (χ0v) is 9.58. The van der Waals surface area contributed by atoms with Crippen LogP contribution in [0.3, 0.4) is 0 Å². The van der Waals surface area contributed by atoms with Gasteiger partial charge in [-0.05, 0) is 25.8 Å². The molecule has 3 heteroatoms. The van der Waals surface area contributed by atoms with E-state index in [1.165, 1.54) is 44.2 Å². The quantitative estimate of drug-likeness (QED) is 0.757. The van der Waals surface area contributed by atoms with Gasteiger partial charge in [-0.3, -0.25) is 4.68 Å². The van der Waals surface area contributed by atoms with Gasteiger partial charge in [0.25, 0.3) is 0 Å². The predicted molar refractivity (Wildman–Crippen MR) is 61.6 cm³/mol. The first-order chi connectivity index (χ1) is 7.31. The van der Waals surface area contributed by atoms with E-state index in [4.69, 9.17) is 5.73 Å². The normalized spacial score (nSPS) is 19.1. The van der Waals surface area contributed by atoms with Crippen LogP contribution >= 0.6 is 0 Å². The van der Waals surface area contributed by atoms with Crippen LogP contribution in [-0.2, 0) is 6.54 Å². The summed E-state index contributed by atoms with van der Waals surface area (Å²) >= 11 is 0. The SMILES string of the molecule is Cc1cc(CN)nn1C1CCCCCC1. The maximum atomic E-state index is 5.62. The second-order valence-electron chi connectivity index (χ2n) is 4.57. The van der Waals surface area contributed by atoms with Gasteiger partial charge in [-0.2, -0.15) is 5.10 Å². The van der Waals surface area contributed by atoms with Crippen LogP contribution in [0.5, 0.6) is 0 Å². The molecule has 1 saturated carbocycles. The van der Waals surface area contributed by atoms with Crippen molar-refractivity contribution in [1.82, 2.24) is 9.78 Å². The molecule has 15 heavy (non-hydrogen) atoms. The van der Waals surface area contributed by atoms with Gasteiger partial charge < -0.3 is 5.73 Å². The molecule has 0 saturated heterocycles. The van der Waals surface area contributed by atoms with E-state index in [2.05, 4.69) is 22.8 Å². The first kappa shape index (κ1) is 10.7. The van der Waals surface area contributed by atoms with E-state index in [0.29, 0.717) is 12.6 Å². The van der Waals surface area contributed by atoms with E-state index in [1.54, 1.807) is 0 Å². The average molecular weight is 207 g/mol. The van der Waals surface area contributed by atoms with Crippen molar-refractivity contribution in [3.05, 3.63) is 17.5 Å². The molecule has 1 aromatic heterocycles. The van der Waals surface area contributed by atoms with Crippen LogP contribution < -0.4 is 5.73 Å².